The summed E-state index contributed by atoms with van der Waals surface area (Å²) in [5, 5.41) is 0.610. The average Bonchev–Trinajstić information content (AvgIpc) is 3.29. The molecule has 0 spiro atoms. The van der Waals surface area contributed by atoms with E-state index < -0.39 is 0 Å². The quantitative estimate of drug-likeness (QED) is 0.250. The van der Waals surface area contributed by atoms with Crippen molar-refractivity contribution < 1.29 is 19.0 Å². The van der Waals surface area contributed by atoms with Gasteiger partial charge in [0.15, 0.2) is 16.6 Å². The Labute approximate surface area is 215 Å². The molecule has 8 heteroatoms. The Morgan fingerprint density at radius 2 is 1.64 bits per heavy atom. The summed E-state index contributed by atoms with van der Waals surface area (Å²) in [5.41, 5.74) is 4.33. The number of ether oxygens (including phenoxy) is 3. The predicted octanol–water partition coefficient (Wildman–Crippen LogP) is 6.35. The molecule has 36 heavy (non-hydrogen) atoms. The van der Waals surface area contributed by atoms with Gasteiger partial charge in [-0.15, -0.1) is 0 Å². The van der Waals surface area contributed by atoms with Crippen molar-refractivity contribution in [2.75, 3.05) is 24.7 Å². The van der Waals surface area contributed by atoms with E-state index >= 15 is 0 Å². The standard InChI is InChI=1S/C28H31N3O4S/c1-6-33-22-15-20(16-23(34-7-2)26(22)35-8-3)27(32)31(17-21-11-9-10-12-29-21)28-30-25-19(5)13-18(4)14-24(25)36-28/h9-16H,6-8,17H2,1-5H3. The molecule has 2 aromatic heterocycles. The zero-order valence-corrected chi connectivity index (χ0v) is 22.1. The Bertz CT molecular complexity index is 1330. The smallest absolute Gasteiger partial charge is 0.260 e. The van der Waals surface area contributed by atoms with E-state index in [-0.39, 0.29) is 12.5 Å². The first-order valence-electron chi connectivity index (χ1n) is 12.1. The molecule has 0 aliphatic heterocycles. The van der Waals surface area contributed by atoms with Gasteiger partial charge in [0.2, 0.25) is 5.75 Å². The van der Waals surface area contributed by atoms with Crippen LogP contribution in [0.1, 0.15) is 48.0 Å². The molecule has 4 rings (SSSR count). The fraction of sp³-hybridized carbons (Fsp3) is 0.321. The molecule has 7 nitrogen and oxygen atoms in total. The monoisotopic (exact) mass is 505 g/mol. The lowest BCUT2D eigenvalue weighted by molar-refractivity contribution is 0.0983. The van der Waals surface area contributed by atoms with Crippen LogP contribution in [0.2, 0.25) is 0 Å². The summed E-state index contributed by atoms with van der Waals surface area (Å²) in [6.45, 7) is 11.4. The van der Waals surface area contributed by atoms with E-state index in [0.717, 1.165) is 27.0 Å². The Morgan fingerprint density at radius 1 is 0.944 bits per heavy atom. The molecule has 0 fully saturated rings. The number of rotatable bonds is 10. The van der Waals surface area contributed by atoms with Gasteiger partial charge < -0.3 is 14.2 Å². The van der Waals surface area contributed by atoms with Gasteiger partial charge in [-0.1, -0.05) is 23.5 Å². The van der Waals surface area contributed by atoms with E-state index in [1.165, 1.54) is 11.3 Å². The number of hydrogen-bond acceptors (Lipinski definition) is 7. The number of amides is 1. The molecule has 0 radical (unpaired) electrons. The van der Waals surface area contributed by atoms with E-state index in [2.05, 4.69) is 24.0 Å². The number of aryl methyl sites for hydroxylation is 2. The summed E-state index contributed by atoms with van der Waals surface area (Å²) >= 11 is 1.50. The number of thiazole rings is 1. The highest BCUT2D eigenvalue weighted by Gasteiger charge is 2.26. The minimum atomic E-state index is -0.223. The van der Waals surface area contributed by atoms with Crippen molar-refractivity contribution in [1.29, 1.82) is 0 Å². The maximum atomic E-state index is 14.1. The lowest BCUT2D eigenvalue weighted by atomic mass is 10.1. The minimum Gasteiger partial charge on any atom is -0.490 e. The highest BCUT2D eigenvalue weighted by atomic mass is 32.1. The first-order valence-corrected chi connectivity index (χ1v) is 12.9. The van der Waals surface area contributed by atoms with Gasteiger partial charge >= 0.3 is 0 Å². The van der Waals surface area contributed by atoms with Crippen molar-refractivity contribution in [3.8, 4) is 17.2 Å². The molecule has 0 saturated carbocycles. The number of benzene rings is 2. The minimum absolute atomic E-state index is 0.223. The number of aromatic nitrogens is 2. The van der Waals surface area contributed by atoms with Crippen molar-refractivity contribution in [2.24, 2.45) is 0 Å². The summed E-state index contributed by atoms with van der Waals surface area (Å²) in [6, 6.07) is 13.3. The van der Waals surface area contributed by atoms with Crippen LogP contribution >= 0.6 is 11.3 Å². The second-order valence-corrected chi connectivity index (χ2v) is 9.25. The maximum absolute atomic E-state index is 14.1. The SMILES string of the molecule is CCOc1cc(C(=O)N(Cc2ccccn2)c2nc3c(C)cc(C)cc3s2)cc(OCC)c1OCC. The maximum Gasteiger partial charge on any atom is 0.260 e. The van der Waals surface area contributed by atoms with Crippen LogP contribution in [-0.4, -0.2) is 35.7 Å². The third-order valence-corrected chi connectivity index (χ3v) is 6.52. The number of nitrogens with zero attached hydrogens (tertiary/aromatic N) is 3. The van der Waals surface area contributed by atoms with Gasteiger partial charge in [0.25, 0.3) is 5.91 Å². The van der Waals surface area contributed by atoms with Gasteiger partial charge in [0.05, 0.1) is 42.3 Å². The molecule has 4 aromatic rings. The highest BCUT2D eigenvalue weighted by molar-refractivity contribution is 7.22. The third kappa shape index (κ3) is 5.44. The predicted molar refractivity (Wildman–Crippen MR) is 144 cm³/mol. The Balaban J connectivity index is 1.83. The average molecular weight is 506 g/mol. The summed E-state index contributed by atoms with van der Waals surface area (Å²) in [4.78, 5) is 25.1. The molecular formula is C28H31N3O4S. The highest BCUT2D eigenvalue weighted by Crippen LogP contribution is 2.40. The van der Waals surface area contributed by atoms with Gasteiger partial charge in [-0.2, -0.15) is 0 Å². The molecule has 188 valence electrons. The lowest BCUT2D eigenvalue weighted by Crippen LogP contribution is -2.30. The number of carbonyl (C=O) groups excluding carboxylic acids is 1. The Hall–Kier alpha value is -3.65. The van der Waals surface area contributed by atoms with Gasteiger partial charge in [-0.3, -0.25) is 14.7 Å². The Morgan fingerprint density at radius 3 is 2.25 bits per heavy atom. The largest absolute Gasteiger partial charge is 0.490 e. The van der Waals surface area contributed by atoms with Crippen molar-refractivity contribution in [3.63, 3.8) is 0 Å². The van der Waals surface area contributed by atoms with Crippen molar-refractivity contribution in [1.82, 2.24) is 9.97 Å². The van der Waals surface area contributed by atoms with Crippen LogP contribution in [0.25, 0.3) is 10.2 Å². The third-order valence-electron chi connectivity index (χ3n) is 5.50. The van der Waals surface area contributed by atoms with Crippen LogP contribution in [0, 0.1) is 13.8 Å². The molecular weight excluding hydrogens is 474 g/mol. The van der Waals surface area contributed by atoms with Crippen LogP contribution in [0.5, 0.6) is 17.2 Å². The normalized spacial score (nSPS) is 10.9. The summed E-state index contributed by atoms with van der Waals surface area (Å²) < 4.78 is 18.6. The van der Waals surface area contributed by atoms with Gasteiger partial charge in [0.1, 0.15) is 0 Å². The van der Waals surface area contributed by atoms with Crippen molar-refractivity contribution >= 4 is 32.6 Å². The summed E-state index contributed by atoms with van der Waals surface area (Å²) in [7, 11) is 0. The molecule has 0 N–H and O–H groups in total. The van der Waals surface area contributed by atoms with Crippen LogP contribution in [0.3, 0.4) is 0 Å². The van der Waals surface area contributed by atoms with Gasteiger partial charge in [-0.25, -0.2) is 4.98 Å². The zero-order chi connectivity index (χ0) is 25.7. The molecule has 0 saturated heterocycles. The van der Waals surface area contributed by atoms with Crippen LogP contribution in [0.15, 0.2) is 48.7 Å². The van der Waals surface area contributed by atoms with E-state index in [1.54, 1.807) is 23.2 Å². The van der Waals surface area contributed by atoms with Crippen LogP contribution in [-0.2, 0) is 6.54 Å². The molecule has 1 amide bonds. The number of carbonyl (C=O) groups is 1. The fourth-order valence-corrected chi connectivity index (χ4v) is 5.16. The summed E-state index contributed by atoms with van der Waals surface area (Å²) in [5.74, 6) is 1.23. The summed E-state index contributed by atoms with van der Waals surface area (Å²) in [6.07, 6.45) is 1.72. The zero-order valence-electron chi connectivity index (χ0n) is 21.3. The molecule has 0 atom stereocenters. The lowest BCUT2D eigenvalue weighted by Gasteiger charge is -2.22. The topological polar surface area (TPSA) is 73.8 Å². The molecule has 0 bridgehead atoms. The van der Waals surface area contributed by atoms with Gasteiger partial charge in [0, 0.05) is 11.8 Å². The Kier molecular flexibility index (Phi) is 8.05. The van der Waals surface area contributed by atoms with Crippen LogP contribution < -0.4 is 19.1 Å². The number of pyridine rings is 1. The number of anilines is 1. The molecule has 0 unspecified atom stereocenters. The first kappa shape index (κ1) is 25.4. The first-order chi connectivity index (χ1) is 17.4. The number of fused-ring (bicyclic) bond motifs is 1. The molecule has 0 aliphatic carbocycles. The van der Waals surface area contributed by atoms with E-state index in [1.807, 2.05) is 45.9 Å². The van der Waals surface area contributed by atoms with Crippen molar-refractivity contribution in [2.45, 2.75) is 41.2 Å². The van der Waals surface area contributed by atoms with Gasteiger partial charge in [-0.05, 0) is 76.1 Å². The van der Waals surface area contributed by atoms with E-state index in [4.69, 9.17) is 19.2 Å². The fourth-order valence-electron chi connectivity index (χ4n) is 4.02. The second-order valence-electron chi connectivity index (χ2n) is 8.24. The second kappa shape index (κ2) is 11.4. The van der Waals surface area contributed by atoms with E-state index in [0.29, 0.717) is 47.8 Å². The molecule has 2 aromatic carbocycles. The van der Waals surface area contributed by atoms with Crippen molar-refractivity contribution in [3.05, 3.63) is 71.0 Å². The number of hydrogen-bond donors (Lipinski definition) is 0. The van der Waals surface area contributed by atoms with Crippen LogP contribution in [0.4, 0.5) is 5.13 Å². The molecule has 2 heterocycles. The molecule has 0 aliphatic rings. The van der Waals surface area contributed by atoms with E-state index in [9.17, 15) is 4.79 Å².